The van der Waals surface area contributed by atoms with Crippen LogP contribution in [0.3, 0.4) is 0 Å². The Hall–Kier alpha value is 1.16. The third-order valence-corrected chi connectivity index (χ3v) is 1.81. The van der Waals surface area contributed by atoms with Gasteiger partial charge in [0.2, 0.25) is 0 Å². The van der Waals surface area contributed by atoms with Crippen LogP contribution in [-0.4, -0.2) is 29.4 Å². The Morgan fingerprint density at radius 1 is 1.67 bits per heavy atom. The van der Waals surface area contributed by atoms with E-state index in [2.05, 4.69) is 0 Å². The van der Waals surface area contributed by atoms with Crippen molar-refractivity contribution in [3.05, 3.63) is 0 Å². The number of rotatable bonds is 2. The Morgan fingerprint density at radius 3 is 2.00 bits per heavy atom. The minimum atomic E-state index is -4.33. The summed E-state index contributed by atoms with van der Waals surface area (Å²) in [5.74, 6) is -0.515. The summed E-state index contributed by atoms with van der Waals surface area (Å²) in [4.78, 5) is 0. The predicted molar refractivity (Wildman–Crippen MR) is 29.4 cm³/mol. The van der Waals surface area contributed by atoms with Crippen LogP contribution in [0.15, 0.2) is 0 Å². The fourth-order valence-corrected chi connectivity index (χ4v) is 0.716. The summed E-state index contributed by atoms with van der Waals surface area (Å²) < 4.78 is 27.5. The molecule has 1 atom stereocenters. The molecule has 0 aromatic carbocycles. The van der Waals surface area contributed by atoms with E-state index in [1.807, 2.05) is 0 Å². The Labute approximate surface area is 81.7 Å². The van der Waals surface area contributed by atoms with Gasteiger partial charge in [0.25, 0.3) is 10.1 Å². The van der Waals surface area contributed by atoms with E-state index in [1.165, 1.54) is 0 Å². The van der Waals surface area contributed by atoms with Crippen LogP contribution in [0.1, 0.15) is 1.43 Å². The molecule has 4 nitrogen and oxygen atoms in total. The maximum atomic E-state index is 9.78. The van der Waals surface area contributed by atoms with Crippen LogP contribution in [-0.2, 0) is 10.1 Å². The number of aliphatic hydroxyl groups is 1. The van der Waals surface area contributed by atoms with Crippen LogP contribution in [0.4, 0.5) is 0 Å². The standard InChI is InChI=1S/C2H5ClO4S.Na.H/c3-1-2(4)8(5,6)7;;/h2,4H,1H2,(H,5,6,7);;/q;+1;-1. The topological polar surface area (TPSA) is 74.6 Å². The zero-order valence-corrected chi connectivity index (χ0v) is 8.35. The third kappa shape index (κ3) is 5.60. The molecule has 0 fully saturated rings. The molecule has 0 saturated heterocycles. The van der Waals surface area contributed by atoms with Crippen LogP contribution < -0.4 is 29.6 Å². The first-order valence-electron chi connectivity index (χ1n) is 1.69. The molecule has 0 aromatic rings. The Morgan fingerprint density at radius 2 is 2.00 bits per heavy atom. The molecule has 0 radical (unpaired) electrons. The number of alkyl halides is 1. The van der Waals surface area contributed by atoms with E-state index in [0.717, 1.165) is 0 Å². The molecule has 0 heterocycles. The van der Waals surface area contributed by atoms with Crippen molar-refractivity contribution >= 4 is 21.7 Å². The summed E-state index contributed by atoms with van der Waals surface area (Å²) in [6.07, 6.45) is 0. The summed E-state index contributed by atoms with van der Waals surface area (Å²) in [7, 11) is -4.33. The molecule has 52 valence electrons. The van der Waals surface area contributed by atoms with E-state index < -0.39 is 21.4 Å². The van der Waals surface area contributed by atoms with E-state index in [4.69, 9.17) is 21.3 Å². The zero-order chi connectivity index (χ0) is 6.78. The first-order valence-corrected chi connectivity index (χ1v) is 3.72. The molecular formula is C2H6ClNaO4S. The van der Waals surface area contributed by atoms with E-state index in [9.17, 15) is 8.42 Å². The average Bonchev–Trinajstić information content (AvgIpc) is 1.62. The average molecular weight is 185 g/mol. The van der Waals surface area contributed by atoms with Crippen molar-refractivity contribution in [3.8, 4) is 0 Å². The van der Waals surface area contributed by atoms with Gasteiger partial charge in [-0.15, -0.1) is 11.6 Å². The van der Waals surface area contributed by atoms with Crippen molar-refractivity contribution in [2.24, 2.45) is 0 Å². The second-order valence-electron chi connectivity index (χ2n) is 1.12. The van der Waals surface area contributed by atoms with Gasteiger partial charge in [0.15, 0.2) is 5.44 Å². The smallest absolute Gasteiger partial charge is 1.00 e. The largest absolute Gasteiger partial charge is 1.00 e. The maximum absolute atomic E-state index is 9.78. The quantitative estimate of drug-likeness (QED) is 0.266. The second-order valence-corrected chi connectivity index (χ2v) is 3.01. The SMILES string of the molecule is O=S(=O)(O)C(O)CCl.[H-].[Na+]. The number of halogens is 1. The van der Waals surface area contributed by atoms with Gasteiger partial charge in [-0.25, -0.2) is 0 Å². The molecule has 0 aromatic heterocycles. The predicted octanol–water partition coefficient (Wildman–Crippen LogP) is -3.45. The molecular weight excluding hydrogens is 179 g/mol. The van der Waals surface area contributed by atoms with E-state index >= 15 is 0 Å². The van der Waals surface area contributed by atoms with E-state index in [1.54, 1.807) is 0 Å². The van der Waals surface area contributed by atoms with Crippen molar-refractivity contribution in [1.29, 1.82) is 0 Å². The summed E-state index contributed by atoms with van der Waals surface area (Å²) in [6, 6.07) is 0. The molecule has 0 aliphatic carbocycles. The van der Waals surface area contributed by atoms with Crippen LogP contribution in [0, 0.1) is 0 Å². The van der Waals surface area contributed by atoms with Gasteiger partial charge in [0, 0.05) is 0 Å². The van der Waals surface area contributed by atoms with Crippen molar-refractivity contribution in [2.45, 2.75) is 5.44 Å². The summed E-state index contributed by atoms with van der Waals surface area (Å²) >= 11 is 4.85. The van der Waals surface area contributed by atoms with Gasteiger partial charge in [-0.1, -0.05) is 0 Å². The Balaban J connectivity index is -0.000000245. The molecule has 0 spiro atoms. The van der Waals surface area contributed by atoms with Crippen molar-refractivity contribution < 1.29 is 49.1 Å². The second kappa shape index (κ2) is 4.90. The Bertz CT molecular complexity index is 159. The summed E-state index contributed by atoms with van der Waals surface area (Å²) in [5.41, 5.74) is -1.86. The molecule has 0 aliphatic heterocycles. The minimum absolute atomic E-state index is 0. The van der Waals surface area contributed by atoms with Gasteiger partial charge in [-0.2, -0.15) is 8.42 Å². The van der Waals surface area contributed by atoms with Gasteiger partial charge in [-0.05, 0) is 0 Å². The van der Waals surface area contributed by atoms with Crippen molar-refractivity contribution in [1.82, 2.24) is 0 Å². The van der Waals surface area contributed by atoms with Crippen LogP contribution in [0.2, 0.25) is 0 Å². The van der Waals surface area contributed by atoms with Gasteiger partial charge in [-0.3, -0.25) is 4.55 Å². The normalized spacial score (nSPS) is 14.1. The van der Waals surface area contributed by atoms with E-state index in [-0.39, 0.29) is 31.0 Å². The first kappa shape index (κ1) is 12.8. The van der Waals surface area contributed by atoms with Gasteiger partial charge >= 0.3 is 29.6 Å². The Kier molecular flexibility index (Phi) is 6.97. The number of hydrogen-bond donors (Lipinski definition) is 2. The van der Waals surface area contributed by atoms with Gasteiger partial charge < -0.3 is 6.53 Å². The van der Waals surface area contributed by atoms with Crippen LogP contribution >= 0.6 is 11.6 Å². The zero-order valence-electron chi connectivity index (χ0n) is 5.78. The maximum Gasteiger partial charge on any atom is 1.00 e. The summed E-state index contributed by atoms with van der Waals surface area (Å²) in [6.45, 7) is 0. The monoisotopic (exact) mass is 184 g/mol. The molecule has 0 amide bonds. The first-order chi connectivity index (χ1) is 3.48. The molecule has 0 saturated carbocycles. The summed E-state index contributed by atoms with van der Waals surface area (Å²) in [5, 5.41) is 8.22. The van der Waals surface area contributed by atoms with Gasteiger partial charge in [0.1, 0.15) is 0 Å². The van der Waals surface area contributed by atoms with Crippen molar-refractivity contribution in [2.75, 3.05) is 5.88 Å². The molecule has 0 bridgehead atoms. The third-order valence-electron chi connectivity index (χ3n) is 0.476. The minimum Gasteiger partial charge on any atom is -1.00 e. The van der Waals surface area contributed by atoms with Crippen LogP contribution in [0.5, 0.6) is 0 Å². The molecule has 7 heteroatoms. The molecule has 0 rings (SSSR count). The van der Waals surface area contributed by atoms with Crippen LogP contribution in [0.25, 0.3) is 0 Å². The number of aliphatic hydroxyl groups excluding tert-OH is 1. The van der Waals surface area contributed by atoms with E-state index in [0.29, 0.717) is 0 Å². The fraction of sp³-hybridized carbons (Fsp3) is 1.00. The molecule has 9 heavy (non-hydrogen) atoms. The molecule has 1 unspecified atom stereocenters. The van der Waals surface area contributed by atoms with Crippen molar-refractivity contribution in [3.63, 3.8) is 0 Å². The molecule has 2 N–H and O–H groups in total. The fourth-order valence-electron chi connectivity index (χ4n) is 0.0796. The molecule has 0 aliphatic rings. The number of hydrogen-bond acceptors (Lipinski definition) is 3. The van der Waals surface area contributed by atoms with Gasteiger partial charge in [0.05, 0.1) is 5.88 Å².